The van der Waals surface area contributed by atoms with Crippen molar-refractivity contribution in [2.45, 2.75) is 20.8 Å². The normalized spacial score (nSPS) is 12.2. The van der Waals surface area contributed by atoms with E-state index in [0.29, 0.717) is 0 Å². The molecule has 0 bridgehead atoms. The summed E-state index contributed by atoms with van der Waals surface area (Å²) in [5, 5.41) is 8.87. The van der Waals surface area contributed by atoms with Crippen LogP contribution < -0.4 is 4.90 Å². The number of hydrogen-bond acceptors (Lipinski definition) is 3. The van der Waals surface area contributed by atoms with E-state index in [4.69, 9.17) is 5.11 Å². The van der Waals surface area contributed by atoms with Crippen LogP contribution >= 0.6 is 0 Å². The quantitative estimate of drug-likeness (QED) is 0.878. The van der Waals surface area contributed by atoms with E-state index in [1.807, 2.05) is 35.8 Å². The van der Waals surface area contributed by atoms with Gasteiger partial charge < -0.3 is 10.0 Å². The summed E-state index contributed by atoms with van der Waals surface area (Å²) in [6.07, 6.45) is 4.62. The van der Waals surface area contributed by atoms with Gasteiger partial charge in [-0.25, -0.2) is 9.78 Å². The number of rotatable bonds is 4. The molecule has 0 saturated heterocycles. The maximum atomic E-state index is 10.8. The number of aliphatic carboxylic acids is 1. The molecular formula is C16H21N3O2. The summed E-state index contributed by atoms with van der Waals surface area (Å²) in [6, 6.07) is 5.73. The molecule has 21 heavy (non-hydrogen) atoms. The number of nitrogens with zero attached hydrogens (tertiary/aromatic N) is 3. The number of anilines is 1. The van der Waals surface area contributed by atoms with Gasteiger partial charge in [0.05, 0.1) is 5.69 Å². The third-order valence-corrected chi connectivity index (χ3v) is 3.00. The first kappa shape index (κ1) is 15.1. The van der Waals surface area contributed by atoms with Gasteiger partial charge in [0, 0.05) is 25.9 Å². The summed E-state index contributed by atoms with van der Waals surface area (Å²) >= 11 is 0. The van der Waals surface area contributed by atoms with Crippen molar-refractivity contribution >= 4 is 23.5 Å². The summed E-state index contributed by atoms with van der Waals surface area (Å²) in [6.45, 7) is 7.30. The molecule has 5 heteroatoms. The minimum Gasteiger partial charge on any atom is -0.478 e. The maximum Gasteiger partial charge on any atom is 0.328 e. The van der Waals surface area contributed by atoms with Crippen molar-refractivity contribution < 1.29 is 9.90 Å². The highest BCUT2D eigenvalue weighted by atomic mass is 16.4. The van der Waals surface area contributed by atoms with Gasteiger partial charge in [-0.3, -0.25) is 4.40 Å². The highest BCUT2D eigenvalue weighted by molar-refractivity contribution is 5.86. The first-order chi connectivity index (χ1) is 9.78. The lowest BCUT2D eigenvalue weighted by Crippen LogP contribution is -2.29. The van der Waals surface area contributed by atoms with Crippen LogP contribution in [0.5, 0.6) is 0 Å². The number of imidazole rings is 1. The molecule has 2 rings (SSSR count). The van der Waals surface area contributed by atoms with E-state index >= 15 is 0 Å². The van der Waals surface area contributed by atoms with Crippen molar-refractivity contribution in [1.29, 1.82) is 0 Å². The molecule has 0 aliphatic carbocycles. The van der Waals surface area contributed by atoms with E-state index in [9.17, 15) is 4.79 Å². The Morgan fingerprint density at radius 1 is 1.43 bits per heavy atom. The zero-order chi connectivity index (χ0) is 15.6. The second-order valence-electron chi connectivity index (χ2n) is 6.34. The van der Waals surface area contributed by atoms with Crippen molar-refractivity contribution in [3.05, 3.63) is 36.2 Å². The van der Waals surface area contributed by atoms with E-state index in [0.717, 1.165) is 29.8 Å². The van der Waals surface area contributed by atoms with Crippen LogP contribution in [0.15, 0.2) is 30.5 Å². The van der Waals surface area contributed by atoms with Gasteiger partial charge in [-0.05, 0) is 23.6 Å². The number of carboxylic acids is 1. The van der Waals surface area contributed by atoms with Crippen molar-refractivity contribution in [3.63, 3.8) is 0 Å². The fourth-order valence-corrected chi connectivity index (χ4v) is 2.37. The van der Waals surface area contributed by atoms with Gasteiger partial charge in [0.15, 0.2) is 5.82 Å². The lowest BCUT2D eigenvalue weighted by molar-refractivity contribution is -0.131. The molecular weight excluding hydrogens is 266 g/mol. The molecule has 0 radical (unpaired) electrons. The van der Waals surface area contributed by atoms with Crippen molar-refractivity contribution in [2.75, 3.05) is 18.5 Å². The average molecular weight is 287 g/mol. The number of fused-ring (bicyclic) bond motifs is 1. The predicted molar refractivity (Wildman–Crippen MR) is 84.6 cm³/mol. The molecule has 0 amide bonds. The number of carbonyl (C=O) groups is 1. The Morgan fingerprint density at radius 3 is 2.76 bits per heavy atom. The maximum absolute atomic E-state index is 10.8. The fraction of sp³-hybridized carbons (Fsp3) is 0.375. The first-order valence-electron chi connectivity index (χ1n) is 6.87. The molecule has 0 fully saturated rings. The molecule has 0 unspecified atom stereocenters. The van der Waals surface area contributed by atoms with Gasteiger partial charge in [0.1, 0.15) is 5.65 Å². The van der Waals surface area contributed by atoms with Gasteiger partial charge in [-0.1, -0.05) is 26.8 Å². The average Bonchev–Trinajstić information content (AvgIpc) is 2.73. The third-order valence-electron chi connectivity index (χ3n) is 3.00. The zero-order valence-electron chi connectivity index (χ0n) is 12.9. The second-order valence-corrected chi connectivity index (χ2v) is 6.34. The second kappa shape index (κ2) is 5.60. The van der Waals surface area contributed by atoms with Gasteiger partial charge in [-0.15, -0.1) is 0 Å². The Labute approximate surface area is 124 Å². The van der Waals surface area contributed by atoms with Gasteiger partial charge in [-0.2, -0.15) is 0 Å². The summed E-state index contributed by atoms with van der Waals surface area (Å²) in [4.78, 5) is 17.5. The molecule has 2 aromatic rings. The van der Waals surface area contributed by atoms with Gasteiger partial charge in [0.2, 0.25) is 0 Å². The molecule has 112 valence electrons. The summed E-state index contributed by atoms with van der Waals surface area (Å²) in [5.74, 6) is -0.182. The summed E-state index contributed by atoms with van der Waals surface area (Å²) in [5.41, 5.74) is 1.70. The summed E-state index contributed by atoms with van der Waals surface area (Å²) < 4.78 is 1.90. The monoisotopic (exact) mass is 287 g/mol. The number of aromatic nitrogens is 2. The molecule has 0 aliphatic rings. The molecule has 1 N–H and O–H groups in total. The fourth-order valence-electron chi connectivity index (χ4n) is 2.37. The van der Waals surface area contributed by atoms with Crippen LogP contribution in [0.25, 0.3) is 11.7 Å². The zero-order valence-corrected chi connectivity index (χ0v) is 12.9. The van der Waals surface area contributed by atoms with Crippen LogP contribution in [-0.2, 0) is 4.79 Å². The number of pyridine rings is 1. The standard InChI is InChI=1S/C16H21N3O2/c1-16(2,3)11-18(4)15-12(8-9-14(20)21)19-10-6-5-7-13(19)17-15/h5-10H,11H2,1-4H3,(H,20,21). The van der Waals surface area contributed by atoms with Crippen molar-refractivity contribution in [2.24, 2.45) is 5.41 Å². The highest BCUT2D eigenvalue weighted by Gasteiger charge is 2.19. The lowest BCUT2D eigenvalue weighted by atomic mass is 9.96. The van der Waals surface area contributed by atoms with E-state index in [-0.39, 0.29) is 5.41 Å². The van der Waals surface area contributed by atoms with Crippen molar-refractivity contribution in [3.8, 4) is 0 Å². The van der Waals surface area contributed by atoms with Crippen LogP contribution in [-0.4, -0.2) is 34.1 Å². The predicted octanol–water partition coefficient (Wildman–Crippen LogP) is 2.91. The van der Waals surface area contributed by atoms with Crippen molar-refractivity contribution in [1.82, 2.24) is 9.38 Å². The highest BCUT2D eigenvalue weighted by Crippen LogP contribution is 2.25. The van der Waals surface area contributed by atoms with E-state index in [2.05, 4.69) is 30.7 Å². The van der Waals surface area contributed by atoms with Gasteiger partial charge >= 0.3 is 5.97 Å². The van der Waals surface area contributed by atoms with Crippen LogP contribution in [0.4, 0.5) is 5.82 Å². The molecule has 0 aromatic carbocycles. The topological polar surface area (TPSA) is 57.8 Å². The Hall–Kier alpha value is -2.30. The largest absolute Gasteiger partial charge is 0.478 e. The minimum absolute atomic E-state index is 0.123. The molecule has 2 heterocycles. The molecule has 5 nitrogen and oxygen atoms in total. The lowest BCUT2D eigenvalue weighted by Gasteiger charge is -2.27. The Bertz CT molecular complexity index is 680. The summed E-state index contributed by atoms with van der Waals surface area (Å²) in [7, 11) is 1.98. The number of carboxylic acid groups (broad SMARTS) is 1. The molecule has 2 aromatic heterocycles. The van der Waals surface area contributed by atoms with E-state index in [1.54, 1.807) is 6.08 Å². The Balaban J connectivity index is 2.51. The molecule has 0 spiro atoms. The van der Waals surface area contributed by atoms with E-state index in [1.165, 1.54) is 0 Å². The smallest absolute Gasteiger partial charge is 0.328 e. The van der Waals surface area contributed by atoms with Crippen LogP contribution in [0.3, 0.4) is 0 Å². The van der Waals surface area contributed by atoms with Gasteiger partial charge in [0.25, 0.3) is 0 Å². The molecule has 0 aliphatic heterocycles. The third kappa shape index (κ3) is 3.62. The Morgan fingerprint density at radius 2 is 2.14 bits per heavy atom. The number of hydrogen-bond donors (Lipinski definition) is 1. The molecule has 0 atom stereocenters. The minimum atomic E-state index is -0.967. The van der Waals surface area contributed by atoms with Crippen LogP contribution in [0.2, 0.25) is 0 Å². The van der Waals surface area contributed by atoms with Crippen LogP contribution in [0.1, 0.15) is 26.5 Å². The first-order valence-corrected chi connectivity index (χ1v) is 6.87. The SMILES string of the molecule is CN(CC(C)(C)C)c1nc2ccccn2c1C=CC(=O)O. The van der Waals surface area contributed by atoms with E-state index < -0.39 is 5.97 Å². The Kier molecular flexibility index (Phi) is 4.02. The molecule has 0 saturated carbocycles. The van der Waals surface area contributed by atoms with Crippen LogP contribution in [0, 0.1) is 5.41 Å².